The van der Waals surface area contributed by atoms with Gasteiger partial charge in [-0.25, -0.2) is 9.18 Å². The number of likely N-dealkylation sites (N-methyl/N-ethyl adjacent to an activating group) is 1. The van der Waals surface area contributed by atoms with E-state index in [1.165, 1.54) is 12.1 Å². The number of carbonyl (C=O) groups is 1. The number of carbonyl (C=O) groups excluding carboxylic acids is 1. The van der Waals surface area contributed by atoms with Gasteiger partial charge in [0.05, 0.1) is 6.04 Å². The Bertz CT molecular complexity index is 581. The maximum Gasteiger partial charge on any atom is 0.410 e. The summed E-state index contributed by atoms with van der Waals surface area (Å²) in [7, 11) is 1.80. The average Bonchev–Trinajstić information content (AvgIpc) is 2.52. The maximum atomic E-state index is 13.1. The molecule has 1 spiro atoms. The van der Waals surface area contributed by atoms with E-state index >= 15 is 0 Å². The van der Waals surface area contributed by atoms with Crippen molar-refractivity contribution in [2.75, 3.05) is 13.6 Å². The van der Waals surface area contributed by atoms with Crippen molar-refractivity contribution in [2.24, 2.45) is 0 Å². The predicted molar refractivity (Wildman–Crippen MR) is 79.8 cm³/mol. The van der Waals surface area contributed by atoms with Gasteiger partial charge in [-0.15, -0.1) is 0 Å². The number of benzene rings is 1. The molecule has 3 aliphatic heterocycles. The van der Waals surface area contributed by atoms with Crippen LogP contribution in [0.2, 0.25) is 0 Å². The first-order valence-electron chi connectivity index (χ1n) is 8.02. The topological polar surface area (TPSA) is 32.8 Å². The highest BCUT2D eigenvalue weighted by Crippen LogP contribution is 2.47. The van der Waals surface area contributed by atoms with Crippen LogP contribution in [0.3, 0.4) is 0 Å². The van der Waals surface area contributed by atoms with E-state index in [2.05, 4.69) is 4.90 Å². The number of rotatable bonds is 2. The largest absolute Gasteiger partial charge is 0.441 e. The van der Waals surface area contributed by atoms with Gasteiger partial charge in [0.2, 0.25) is 0 Å². The minimum Gasteiger partial charge on any atom is -0.441 e. The Labute approximate surface area is 129 Å². The number of ether oxygens (including phenoxy) is 1. The molecule has 5 heteroatoms. The van der Waals surface area contributed by atoms with E-state index in [9.17, 15) is 9.18 Å². The van der Waals surface area contributed by atoms with Crippen LogP contribution in [0.15, 0.2) is 24.3 Å². The molecule has 4 aliphatic rings. The van der Waals surface area contributed by atoms with Crippen LogP contribution >= 0.6 is 0 Å². The van der Waals surface area contributed by atoms with E-state index in [0.717, 1.165) is 44.3 Å². The molecule has 3 saturated heterocycles. The van der Waals surface area contributed by atoms with Gasteiger partial charge in [-0.05, 0) is 43.4 Å². The van der Waals surface area contributed by atoms with Gasteiger partial charge in [0, 0.05) is 26.2 Å². The van der Waals surface area contributed by atoms with E-state index in [1.54, 1.807) is 11.9 Å². The second kappa shape index (κ2) is 4.95. The summed E-state index contributed by atoms with van der Waals surface area (Å²) in [5.41, 5.74) is 0.807. The smallest absolute Gasteiger partial charge is 0.410 e. The van der Waals surface area contributed by atoms with E-state index in [1.807, 2.05) is 12.1 Å². The summed E-state index contributed by atoms with van der Waals surface area (Å²) >= 11 is 0. The number of hydrogen-bond donors (Lipinski definition) is 0. The fourth-order valence-corrected chi connectivity index (χ4v) is 4.38. The Balaban J connectivity index is 1.61. The van der Waals surface area contributed by atoms with Crippen molar-refractivity contribution >= 4 is 6.09 Å². The third-order valence-corrected chi connectivity index (χ3v) is 5.61. The Morgan fingerprint density at radius 3 is 2.64 bits per heavy atom. The Hall–Kier alpha value is -1.62. The van der Waals surface area contributed by atoms with Crippen molar-refractivity contribution in [1.29, 1.82) is 0 Å². The average molecular weight is 304 g/mol. The van der Waals surface area contributed by atoms with Crippen molar-refractivity contribution in [3.63, 3.8) is 0 Å². The summed E-state index contributed by atoms with van der Waals surface area (Å²) in [5.74, 6) is -0.202. The fourth-order valence-electron chi connectivity index (χ4n) is 4.38. The van der Waals surface area contributed by atoms with Gasteiger partial charge >= 0.3 is 6.09 Å². The van der Waals surface area contributed by atoms with Crippen molar-refractivity contribution < 1.29 is 13.9 Å². The highest BCUT2D eigenvalue weighted by molar-refractivity contribution is 5.69. The van der Waals surface area contributed by atoms with E-state index < -0.39 is 0 Å². The number of hydrogen-bond acceptors (Lipinski definition) is 3. The molecule has 1 saturated carbocycles. The molecule has 1 amide bonds. The molecule has 1 atom stereocenters. The SMILES string of the molecule is CN1CC2N(Cc3ccc(F)cc3)C3CCC2(CC3)OC1=O. The molecule has 1 unspecified atom stereocenters. The van der Waals surface area contributed by atoms with Crippen LogP contribution in [-0.2, 0) is 11.3 Å². The van der Waals surface area contributed by atoms with E-state index in [0.29, 0.717) is 6.04 Å². The van der Waals surface area contributed by atoms with Crippen LogP contribution in [0.5, 0.6) is 0 Å². The summed E-state index contributed by atoms with van der Waals surface area (Å²) < 4.78 is 18.9. The molecule has 4 fully saturated rings. The third kappa shape index (κ3) is 2.10. The predicted octanol–water partition coefficient (Wildman–Crippen LogP) is 2.77. The Kier molecular flexibility index (Phi) is 3.15. The standard InChI is InChI=1S/C17H21FN2O2/c1-19-11-15-17(22-16(19)21)8-6-14(7-9-17)20(15)10-12-2-4-13(18)5-3-12/h2-5,14-15H,6-11H2,1H3. The van der Waals surface area contributed by atoms with Gasteiger partial charge in [-0.3, -0.25) is 4.90 Å². The first-order valence-corrected chi connectivity index (χ1v) is 8.02. The lowest BCUT2D eigenvalue weighted by Crippen LogP contribution is -2.71. The molecule has 2 bridgehead atoms. The fraction of sp³-hybridized carbons (Fsp3) is 0.588. The molecule has 1 aromatic rings. The molecule has 4 nitrogen and oxygen atoms in total. The van der Waals surface area contributed by atoms with Gasteiger partial charge in [-0.1, -0.05) is 12.1 Å². The molecule has 0 N–H and O–H groups in total. The second-order valence-corrected chi connectivity index (χ2v) is 6.86. The molecule has 22 heavy (non-hydrogen) atoms. The molecular formula is C17H21FN2O2. The molecule has 0 radical (unpaired) electrons. The summed E-state index contributed by atoms with van der Waals surface area (Å²) in [6, 6.07) is 7.52. The van der Waals surface area contributed by atoms with Gasteiger partial charge in [0.25, 0.3) is 0 Å². The lowest BCUT2D eigenvalue weighted by molar-refractivity contribution is -0.177. The summed E-state index contributed by atoms with van der Waals surface area (Å²) in [5, 5.41) is 0. The lowest BCUT2D eigenvalue weighted by atomic mass is 9.70. The number of nitrogens with zero attached hydrogens (tertiary/aromatic N) is 2. The zero-order valence-electron chi connectivity index (χ0n) is 12.8. The quantitative estimate of drug-likeness (QED) is 0.842. The molecule has 3 heterocycles. The summed E-state index contributed by atoms with van der Waals surface area (Å²) in [6.07, 6.45) is 3.91. The second-order valence-electron chi connectivity index (χ2n) is 6.86. The Morgan fingerprint density at radius 1 is 1.27 bits per heavy atom. The highest BCUT2D eigenvalue weighted by atomic mass is 19.1. The zero-order valence-corrected chi connectivity index (χ0v) is 12.8. The van der Waals surface area contributed by atoms with Gasteiger partial charge in [-0.2, -0.15) is 0 Å². The summed E-state index contributed by atoms with van der Waals surface area (Å²) in [4.78, 5) is 16.1. The molecular weight excluding hydrogens is 283 g/mol. The van der Waals surface area contributed by atoms with Crippen LogP contribution in [0.1, 0.15) is 31.2 Å². The minimum absolute atomic E-state index is 0.196. The number of amides is 1. The van der Waals surface area contributed by atoms with Crippen molar-refractivity contribution in [1.82, 2.24) is 9.80 Å². The molecule has 118 valence electrons. The molecule has 1 aromatic carbocycles. The van der Waals surface area contributed by atoms with Crippen molar-refractivity contribution in [3.8, 4) is 0 Å². The highest BCUT2D eigenvalue weighted by Gasteiger charge is 2.57. The van der Waals surface area contributed by atoms with Gasteiger partial charge in [0.1, 0.15) is 11.4 Å². The molecule has 1 aliphatic carbocycles. The normalized spacial score (nSPS) is 34.5. The Morgan fingerprint density at radius 2 is 1.95 bits per heavy atom. The van der Waals surface area contributed by atoms with Crippen LogP contribution in [0.4, 0.5) is 9.18 Å². The number of piperidine rings is 2. The monoisotopic (exact) mass is 304 g/mol. The van der Waals surface area contributed by atoms with E-state index in [4.69, 9.17) is 4.74 Å². The van der Waals surface area contributed by atoms with Crippen LogP contribution < -0.4 is 0 Å². The van der Waals surface area contributed by atoms with Crippen molar-refractivity contribution in [2.45, 2.75) is 49.9 Å². The molecule has 0 aromatic heterocycles. The van der Waals surface area contributed by atoms with Gasteiger partial charge in [0.15, 0.2) is 0 Å². The number of halogens is 1. The van der Waals surface area contributed by atoms with Crippen molar-refractivity contribution in [3.05, 3.63) is 35.6 Å². The summed E-state index contributed by atoms with van der Waals surface area (Å²) in [6.45, 7) is 1.51. The van der Waals surface area contributed by atoms with Crippen LogP contribution in [0, 0.1) is 5.82 Å². The zero-order chi connectivity index (χ0) is 15.3. The number of fused-ring (bicyclic) bond motifs is 2. The van der Waals surface area contributed by atoms with Crippen LogP contribution in [-0.4, -0.2) is 47.2 Å². The minimum atomic E-state index is -0.307. The maximum absolute atomic E-state index is 13.1. The van der Waals surface area contributed by atoms with E-state index in [-0.39, 0.29) is 23.6 Å². The van der Waals surface area contributed by atoms with Gasteiger partial charge < -0.3 is 9.64 Å². The van der Waals surface area contributed by atoms with Crippen LogP contribution in [0.25, 0.3) is 0 Å². The lowest BCUT2D eigenvalue weighted by Gasteiger charge is -2.60. The first kappa shape index (κ1) is 14.0. The first-order chi connectivity index (χ1) is 10.6. The molecule has 5 rings (SSSR count). The third-order valence-electron chi connectivity index (χ3n) is 5.61.